The lowest BCUT2D eigenvalue weighted by molar-refractivity contribution is 0.103. The van der Waals surface area contributed by atoms with Gasteiger partial charge in [0.05, 0.1) is 11.8 Å². The van der Waals surface area contributed by atoms with Gasteiger partial charge in [-0.05, 0) is 36.4 Å². The van der Waals surface area contributed by atoms with Gasteiger partial charge in [0.25, 0.3) is 0 Å². The summed E-state index contributed by atoms with van der Waals surface area (Å²) in [6.07, 6.45) is 1.38. The van der Waals surface area contributed by atoms with E-state index in [2.05, 4.69) is 15.3 Å². The molecule has 0 saturated carbocycles. The van der Waals surface area contributed by atoms with Crippen LogP contribution in [0.5, 0.6) is 11.5 Å². The van der Waals surface area contributed by atoms with Gasteiger partial charge in [0.1, 0.15) is 23.0 Å². The van der Waals surface area contributed by atoms with E-state index in [0.29, 0.717) is 11.7 Å². The number of carbonyl (C=O) groups excluding carboxylic acids is 1. The molecule has 0 aliphatic heterocycles. The topological polar surface area (TPSA) is 67.0 Å². The fourth-order valence-electron chi connectivity index (χ4n) is 2.69. The molecule has 1 aromatic heterocycles. The van der Waals surface area contributed by atoms with Gasteiger partial charge in [-0.25, -0.2) is 9.37 Å². The minimum Gasteiger partial charge on any atom is -0.457 e. The predicted octanol–water partition coefficient (Wildman–Crippen LogP) is 5.32. The van der Waals surface area contributed by atoms with E-state index in [1.165, 1.54) is 24.4 Å². The largest absolute Gasteiger partial charge is 0.457 e. The molecule has 2 N–H and O–H groups in total. The van der Waals surface area contributed by atoms with E-state index in [4.69, 9.17) is 4.74 Å². The van der Waals surface area contributed by atoms with Crippen molar-refractivity contribution in [1.82, 2.24) is 9.97 Å². The Hall–Kier alpha value is -3.93. The van der Waals surface area contributed by atoms with E-state index in [0.717, 1.165) is 11.4 Å². The number of aromatic amines is 1. The van der Waals surface area contributed by atoms with E-state index in [1.807, 2.05) is 54.6 Å². The molecule has 0 radical (unpaired) electrons. The van der Waals surface area contributed by atoms with E-state index < -0.39 is 11.6 Å². The second-order valence-corrected chi connectivity index (χ2v) is 6.02. The summed E-state index contributed by atoms with van der Waals surface area (Å²) in [7, 11) is 0. The van der Waals surface area contributed by atoms with Gasteiger partial charge < -0.3 is 15.0 Å². The highest BCUT2D eigenvalue weighted by atomic mass is 19.1. The van der Waals surface area contributed by atoms with E-state index in [-0.39, 0.29) is 11.3 Å². The van der Waals surface area contributed by atoms with Crippen molar-refractivity contribution in [2.24, 2.45) is 0 Å². The van der Waals surface area contributed by atoms with Gasteiger partial charge in [0.2, 0.25) is 11.7 Å². The molecule has 3 aromatic carbocycles. The average Bonchev–Trinajstić information content (AvgIpc) is 3.17. The van der Waals surface area contributed by atoms with E-state index >= 15 is 0 Å². The first-order valence-electron chi connectivity index (χ1n) is 8.63. The van der Waals surface area contributed by atoms with Crippen molar-refractivity contribution in [3.8, 4) is 11.5 Å². The van der Waals surface area contributed by atoms with Gasteiger partial charge in [-0.15, -0.1) is 0 Å². The molecule has 0 fully saturated rings. The molecule has 0 aliphatic rings. The molecule has 4 rings (SSSR count). The summed E-state index contributed by atoms with van der Waals surface area (Å²) in [6.45, 7) is 0. The van der Waals surface area contributed by atoms with Crippen molar-refractivity contribution >= 4 is 17.4 Å². The normalized spacial score (nSPS) is 10.5. The summed E-state index contributed by atoms with van der Waals surface area (Å²) in [5.41, 5.74) is 0.924. The summed E-state index contributed by atoms with van der Waals surface area (Å²) in [5.74, 6) is 0.736. The number of H-pyrrole nitrogens is 1. The van der Waals surface area contributed by atoms with Gasteiger partial charge in [0, 0.05) is 11.8 Å². The van der Waals surface area contributed by atoms with Crippen LogP contribution in [-0.2, 0) is 0 Å². The second kappa shape index (κ2) is 7.75. The molecule has 5 nitrogen and oxygen atoms in total. The molecule has 0 bridgehead atoms. The minimum atomic E-state index is -0.567. The van der Waals surface area contributed by atoms with Crippen LogP contribution in [0.25, 0.3) is 0 Å². The molecule has 28 heavy (non-hydrogen) atoms. The average molecular weight is 373 g/mol. The number of para-hydroxylation sites is 1. The lowest BCUT2D eigenvalue weighted by Gasteiger charge is -2.08. The first-order chi connectivity index (χ1) is 13.7. The van der Waals surface area contributed by atoms with Crippen LogP contribution in [0.2, 0.25) is 0 Å². The van der Waals surface area contributed by atoms with Crippen LogP contribution in [0.4, 0.5) is 16.0 Å². The third kappa shape index (κ3) is 3.91. The van der Waals surface area contributed by atoms with Crippen molar-refractivity contribution in [1.29, 1.82) is 0 Å². The Labute approximate surface area is 160 Å². The van der Waals surface area contributed by atoms with Crippen LogP contribution in [-0.4, -0.2) is 15.8 Å². The fourth-order valence-corrected chi connectivity index (χ4v) is 2.69. The Morgan fingerprint density at radius 2 is 1.68 bits per heavy atom. The molecule has 0 saturated heterocycles. The molecule has 0 amide bonds. The molecule has 0 unspecified atom stereocenters. The Morgan fingerprint density at radius 1 is 0.929 bits per heavy atom. The lowest BCUT2D eigenvalue weighted by Crippen LogP contribution is -2.04. The Morgan fingerprint density at radius 3 is 2.50 bits per heavy atom. The zero-order valence-electron chi connectivity index (χ0n) is 14.7. The summed E-state index contributed by atoms with van der Waals surface area (Å²) in [5, 5.41) is 3.08. The van der Waals surface area contributed by atoms with Crippen LogP contribution < -0.4 is 10.1 Å². The highest BCUT2D eigenvalue weighted by Crippen LogP contribution is 2.25. The number of carbonyl (C=O) groups is 1. The lowest BCUT2D eigenvalue weighted by atomic mass is 10.1. The van der Waals surface area contributed by atoms with Crippen LogP contribution in [0.3, 0.4) is 0 Å². The molecule has 138 valence electrons. The zero-order valence-corrected chi connectivity index (χ0v) is 14.7. The molecule has 4 aromatic rings. The van der Waals surface area contributed by atoms with Gasteiger partial charge in [-0.1, -0.05) is 36.4 Å². The molecule has 0 spiro atoms. The number of anilines is 2. The third-order valence-electron chi connectivity index (χ3n) is 4.01. The monoisotopic (exact) mass is 373 g/mol. The molecular weight excluding hydrogens is 357 g/mol. The smallest absolute Gasteiger partial charge is 0.213 e. The second-order valence-electron chi connectivity index (χ2n) is 6.02. The number of rotatable bonds is 6. The molecule has 1 heterocycles. The SMILES string of the molecule is O=C(c1cnc(Nc2cccc(Oc3ccccc3)c2)[nH]1)c1ccccc1F. The van der Waals surface area contributed by atoms with Crippen molar-refractivity contribution < 1.29 is 13.9 Å². The number of benzene rings is 3. The van der Waals surface area contributed by atoms with Crippen LogP contribution in [0, 0.1) is 5.82 Å². The Kier molecular flexibility index (Phi) is 4.84. The van der Waals surface area contributed by atoms with Gasteiger partial charge in [0.15, 0.2) is 0 Å². The number of ketones is 1. The molecule has 0 aliphatic carbocycles. The first-order valence-corrected chi connectivity index (χ1v) is 8.63. The maximum Gasteiger partial charge on any atom is 0.213 e. The fraction of sp³-hybridized carbons (Fsp3) is 0. The Balaban J connectivity index is 1.49. The van der Waals surface area contributed by atoms with E-state index in [9.17, 15) is 9.18 Å². The summed E-state index contributed by atoms with van der Waals surface area (Å²) in [6, 6.07) is 22.6. The number of nitrogens with zero attached hydrogens (tertiary/aromatic N) is 1. The van der Waals surface area contributed by atoms with E-state index in [1.54, 1.807) is 6.07 Å². The molecule has 6 heteroatoms. The predicted molar refractivity (Wildman–Crippen MR) is 105 cm³/mol. The number of ether oxygens (including phenoxy) is 1. The molecular formula is C22H16FN3O2. The summed E-state index contributed by atoms with van der Waals surface area (Å²) >= 11 is 0. The zero-order chi connectivity index (χ0) is 19.3. The standard InChI is InChI=1S/C22H16FN3O2/c23-19-12-5-4-11-18(19)21(27)20-14-24-22(26-20)25-15-7-6-10-17(13-15)28-16-8-2-1-3-9-16/h1-14H,(H2,24,25,26). The van der Waals surface area contributed by atoms with Crippen LogP contribution in [0.1, 0.15) is 16.1 Å². The van der Waals surface area contributed by atoms with Crippen LogP contribution >= 0.6 is 0 Å². The third-order valence-corrected chi connectivity index (χ3v) is 4.01. The van der Waals surface area contributed by atoms with Crippen molar-refractivity contribution in [3.63, 3.8) is 0 Å². The van der Waals surface area contributed by atoms with Crippen molar-refractivity contribution in [2.45, 2.75) is 0 Å². The maximum absolute atomic E-state index is 13.8. The number of imidazole rings is 1. The minimum absolute atomic E-state index is 0.00374. The van der Waals surface area contributed by atoms with Crippen molar-refractivity contribution in [2.75, 3.05) is 5.32 Å². The van der Waals surface area contributed by atoms with Crippen LogP contribution in [0.15, 0.2) is 85.1 Å². The van der Waals surface area contributed by atoms with Gasteiger partial charge in [-0.3, -0.25) is 4.79 Å². The first kappa shape index (κ1) is 17.5. The van der Waals surface area contributed by atoms with Gasteiger partial charge >= 0.3 is 0 Å². The number of nitrogens with one attached hydrogen (secondary N) is 2. The molecule has 0 atom stereocenters. The quantitative estimate of drug-likeness (QED) is 0.449. The number of halogens is 1. The number of hydrogen-bond donors (Lipinski definition) is 2. The van der Waals surface area contributed by atoms with Crippen molar-refractivity contribution in [3.05, 3.63) is 102 Å². The Bertz CT molecular complexity index is 1110. The summed E-state index contributed by atoms with van der Waals surface area (Å²) < 4.78 is 19.6. The number of hydrogen-bond acceptors (Lipinski definition) is 4. The summed E-state index contributed by atoms with van der Waals surface area (Å²) in [4.78, 5) is 19.5. The highest BCUT2D eigenvalue weighted by Gasteiger charge is 2.16. The maximum atomic E-state index is 13.8. The van der Waals surface area contributed by atoms with Gasteiger partial charge in [-0.2, -0.15) is 0 Å². The highest BCUT2D eigenvalue weighted by molar-refractivity contribution is 6.08. The number of aromatic nitrogens is 2.